The number of thiazole rings is 1. The van der Waals surface area contributed by atoms with Gasteiger partial charge in [0.05, 0.1) is 19.9 Å². The summed E-state index contributed by atoms with van der Waals surface area (Å²) in [7, 11) is 3.18. The van der Waals surface area contributed by atoms with Gasteiger partial charge >= 0.3 is 0 Å². The quantitative estimate of drug-likeness (QED) is 0.319. The van der Waals surface area contributed by atoms with Gasteiger partial charge in [-0.2, -0.15) is 0 Å². The Balaban J connectivity index is 1.29. The molecule has 0 atom stereocenters. The smallest absolute Gasteiger partial charge is 0.271 e. The molecule has 2 N–H and O–H groups in total. The maximum Gasteiger partial charge on any atom is 0.271 e. The van der Waals surface area contributed by atoms with Crippen LogP contribution in [0.25, 0.3) is 0 Å². The summed E-state index contributed by atoms with van der Waals surface area (Å²) in [5.41, 5.74) is 3.17. The minimum absolute atomic E-state index is 0.240. The van der Waals surface area contributed by atoms with Gasteiger partial charge in [-0.1, -0.05) is 42.5 Å². The van der Waals surface area contributed by atoms with E-state index < -0.39 is 0 Å². The van der Waals surface area contributed by atoms with E-state index in [-0.39, 0.29) is 5.91 Å². The molecule has 0 fully saturated rings. The fourth-order valence-corrected chi connectivity index (χ4v) is 3.87. The van der Waals surface area contributed by atoms with Crippen LogP contribution in [0, 0.1) is 0 Å². The lowest BCUT2D eigenvalue weighted by atomic mass is 10.2. The van der Waals surface area contributed by atoms with E-state index in [1.165, 1.54) is 11.3 Å². The number of anilines is 2. The molecular weight excluding hydrogens is 450 g/mol. The van der Waals surface area contributed by atoms with Gasteiger partial charge in [0.25, 0.3) is 5.91 Å². The third-order valence-electron chi connectivity index (χ3n) is 5.01. The normalized spacial score (nSPS) is 10.4. The maximum absolute atomic E-state index is 12.6. The van der Waals surface area contributed by atoms with E-state index in [9.17, 15) is 4.79 Å². The van der Waals surface area contributed by atoms with Crippen molar-refractivity contribution in [2.75, 3.05) is 19.5 Å². The number of benzene rings is 3. The summed E-state index contributed by atoms with van der Waals surface area (Å²) in [6.07, 6.45) is 0. The molecule has 0 spiro atoms. The highest BCUT2D eigenvalue weighted by atomic mass is 32.1. The highest BCUT2D eigenvalue weighted by molar-refractivity contribution is 7.14. The van der Waals surface area contributed by atoms with Crippen LogP contribution in [0.1, 0.15) is 21.6 Å². The predicted molar refractivity (Wildman–Crippen MR) is 133 cm³/mol. The molecule has 0 radical (unpaired) electrons. The van der Waals surface area contributed by atoms with Crippen molar-refractivity contribution in [2.45, 2.75) is 13.2 Å². The molecule has 7 nitrogen and oxygen atoms in total. The van der Waals surface area contributed by atoms with E-state index in [0.717, 1.165) is 22.6 Å². The summed E-state index contributed by atoms with van der Waals surface area (Å²) < 4.78 is 16.4. The Kier molecular flexibility index (Phi) is 7.62. The molecule has 8 heteroatoms. The van der Waals surface area contributed by atoms with Crippen LogP contribution in [0.4, 0.5) is 10.8 Å². The molecule has 3 aromatic carbocycles. The molecule has 0 aliphatic heterocycles. The van der Waals surface area contributed by atoms with Gasteiger partial charge in [0.1, 0.15) is 29.5 Å². The molecule has 0 unspecified atom stereocenters. The number of nitrogens with one attached hydrogen (secondary N) is 2. The molecule has 4 aromatic rings. The largest absolute Gasteiger partial charge is 0.497 e. The number of ether oxygens (including phenoxy) is 3. The highest BCUT2D eigenvalue weighted by Crippen LogP contribution is 2.32. The minimum Gasteiger partial charge on any atom is -0.497 e. The molecule has 0 saturated carbocycles. The molecule has 1 aromatic heterocycles. The highest BCUT2D eigenvalue weighted by Gasteiger charge is 2.13. The summed E-state index contributed by atoms with van der Waals surface area (Å²) in [5, 5.41) is 8.40. The Labute approximate surface area is 202 Å². The van der Waals surface area contributed by atoms with Crippen LogP contribution in [0.3, 0.4) is 0 Å². The molecule has 174 valence electrons. The summed E-state index contributed by atoms with van der Waals surface area (Å²) in [4.78, 5) is 16.9. The number of nitrogens with zero attached hydrogens (tertiary/aromatic N) is 1. The first kappa shape index (κ1) is 23.1. The number of rotatable bonds is 10. The van der Waals surface area contributed by atoms with Crippen molar-refractivity contribution in [2.24, 2.45) is 0 Å². The Morgan fingerprint density at radius 1 is 0.912 bits per heavy atom. The van der Waals surface area contributed by atoms with E-state index >= 15 is 0 Å². The van der Waals surface area contributed by atoms with E-state index in [1.807, 2.05) is 66.7 Å². The van der Waals surface area contributed by atoms with Crippen molar-refractivity contribution < 1.29 is 19.0 Å². The zero-order chi connectivity index (χ0) is 23.8. The van der Waals surface area contributed by atoms with Crippen LogP contribution in [-0.4, -0.2) is 25.1 Å². The van der Waals surface area contributed by atoms with Gasteiger partial charge in [-0.15, -0.1) is 11.3 Å². The number of carbonyl (C=O) groups excluding carboxylic acids is 1. The van der Waals surface area contributed by atoms with E-state index in [0.29, 0.717) is 35.5 Å². The summed E-state index contributed by atoms with van der Waals surface area (Å²) in [6.45, 7) is 0.907. The van der Waals surface area contributed by atoms with Crippen molar-refractivity contribution in [1.82, 2.24) is 10.3 Å². The Hall–Kier alpha value is -4.04. The lowest BCUT2D eigenvalue weighted by molar-refractivity contribution is 0.0946. The molecule has 1 amide bonds. The van der Waals surface area contributed by atoms with Crippen LogP contribution >= 0.6 is 11.3 Å². The fourth-order valence-electron chi connectivity index (χ4n) is 3.17. The molecular formula is C26H25N3O4S. The Morgan fingerprint density at radius 2 is 1.68 bits per heavy atom. The van der Waals surface area contributed by atoms with Crippen molar-refractivity contribution in [1.29, 1.82) is 0 Å². The second kappa shape index (κ2) is 11.2. The molecule has 0 saturated heterocycles. The molecule has 0 aliphatic carbocycles. The van der Waals surface area contributed by atoms with Crippen molar-refractivity contribution in [3.05, 3.63) is 95.0 Å². The molecule has 4 rings (SSSR count). The van der Waals surface area contributed by atoms with E-state index in [2.05, 4.69) is 15.6 Å². The number of carbonyl (C=O) groups is 1. The zero-order valence-corrected chi connectivity index (χ0v) is 19.7. The molecule has 34 heavy (non-hydrogen) atoms. The second-order valence-electron chi connectivity index (χ2n) is 7.33. The summed E-state index contributed by atoms with van der Waals surface area (Å²) in [5.74, 6) is 1.85. The van der Waals surface area contributed by atoms with Gasteiger partial charge in [0, 0.05) is 18.0 Å². The number of aromatic nitrogens is 1. The average Bonchev–Trinajstić information content (AvgIpc) is 3.36. The van der Waals surface area contributed by atoms with Gasteiger partial charge < -0.3 is 24.8 Å². The monoisotopic (exact) mass is 475 g/mol. The average molecular weight is 476 g/mol. The Morgan fingerprint density at radius 3 is 2.41 bits per heavy atom. The first-order chi connectivity index (χ1) is 16.6. The fraction of sp³-hybridized carbons (Fsp3) is 0.154. The molecule has 0 aliphatic rings. The van der Waals surface area contributed by atoms with Crippen LogP contribution in [0.2, 0.25) is 0 Å². The number of hydrogen-bond donors (Lipinski definition) is 2. The standard InChI is InChI=1S/C26H25N3O4S/c1-31-21-12-13-22(24(14-21)32-2)28-26-29-23(17-34-26)25(30)27-15-18-8-10-20(11-9-18)33-16-19-6-4-3-5-7-19/h3-14,17H,15-16H2,1-2H3,(H,27,30)(H,28,29). The van der Waals surface area contributed by atoms with Gasteiger partial charge in [0.15, 0.2) is 5.13 Å². The topological polar surface area (TPSA) is 81.7 Å². The van der Waals surface area contributed by atoms with E-state index in [4.69, 9.17) is 14.2 Å². The minimum atomic E-state index is -0.240. The van der Waals surface area contributed by atoms with Crippen LogP contribution < -0.4 is 24.8 Å². The van der Waals surface area contributed by atoms with E-state index in [1.54, 1.807) is 25.7 Å². The Bertz CT molecular complexity index is 1230. The van der Waals surface area contributed by atoms with Gasteiger partial charge in [-0.05, 0) is 35.4 Å². The number of hydrogen-bond acceptors (Lipinski definition) is 7. The first-order valence-corrected chi connectivity index (χ1v) is 11.5. The van der Waals surface area contributed by atoms with Gasteiger partial charge in [0.2, 0.25) is 0 Å². The number of amides is 1. The number of methoxy groups -OCH3 is 2. The zero-order valence-electron chi connectivity index (χ0n) is 18.9. The summed E-state index contributed by atoms with van der Waals surface area (Å²) in [6, 6.07) is 23.1. The third kappa shape index (κ3) is 6.05. The molecule has 0 bridgehead atoms. The van der Waals surface area contributed by atoms with Crippen molar-refractivity contribution >= 4 is 28.1 Å². The van der Waals surface area contributed by atoms with Gasteiger partial charge in [-0.3, -0.25) is 4.79 Å². The maximum atomic E-state index is 12.6. The predicted octanol–water partition coefficient (Wildman–Crippen LogP) is 5.41. The van der Waals surface area contributed by atoms with Crippen LogP contribution in [0.15, 0.2) is 78.2 Å². The SMILES string of the molecule is COc1ccc(Nc2nc(C(=O)NCc3ccc(OCc4ccccc4)cc3)cs2)c(OC)c1. The molecule has 1 heterocycles. The van der Waals surface area contributed by atoms with Crippen LogP contribution in [-0.2, 0) is 13.2 Å². The second-order valence-corrected chi connectivity index (χ2v) is 8.19. The van der Waals surface area contributed by atoms with Gasteiger partial charge in [-0.25, -0.2) is 4.98 Å². The third-order valence-corrected chi connectivity index (χ3v) is 5.77. The first-order valence-electron chi connectivity index (χ1n) is 10.6. The lowest BCUT2D eigenvalue weighted by Gasteiger charge is -2.10. The van der Waals surface area contributed by atoms with Crippen molar-refractivity contribution in [3.63, 3.8) is 0 Å². The van der Waals surface area contributed by atoms with Crippen molar-refractivity contribution in [3.8, 4) is 17.2 Å². The lowest BCUT2D eigenvalue weighted by Crippen LogP contribution is -2.23. The summed E-state index contributed by atoms with van der Waals surface area (Å²) >= 11 is 1.34. The van der Waals surface area contributed by atoms with Crippen LogP contribution in [0.5, 0.6) is 17.2 Å².